The van der Waals surface area contributed by atoms with Gasteiger partial charge < -0.3 is 9.64 Å². The number of benzene rings is 1. The molecule has 1 aromatic heterocycles. The van der Waals surface area contributed by atoms with Gasteiger partial charge in [0.1, 0.15) is 4.38 Å². The van der Waals surface area contributed by atoms with Crippen molar-refractivity contribution in [3.05, 3.63) is 57.8 Å². The average molecular weight is 447 g/mol. The van der Waals surface area contributed by atoms with Crippen LogP contribution in [-0.2, 0) is 15.3 Å². The molecule has 0 saturated carbocycles. The van der Waals surface area contributed by atoms with Crippen molar-refractivity contribution < 1.29 is 14.3 Å². The van der Waals surface area contributed by atoms with Gasteiger partial charge in [0.25, 0.3) is 5.91 Å². The number of thioether (sulfide) groups is 2. The molecule has 3 heterocycles. The summed E-state index contributed by atoms with van der Waals surface area (Å²) in [5.74, 6) is 1.12. The maximum Gasteiger partial charge on any atom is 0.338 e. The Balaban J connectivity index is 1.35. The van der Waals surface area contributed by atoms with Crippen molar-refractivity contribution in [2.45, 2.75) is 24.6 Å². The summed E-state index contributed by atoms with van der Waals surface area (Å²) in [6.45, 7) is 1.36. The predicted octanol–water partition coefficient (Wildman–Crippen LogP) is 4.60. The lowest BCUT2D eigenvalue weighted by Crippen LogP contribution is -2.34. The third-order valence-electron chi connectivity index (χ3n) is 4.92. The van der Waals surface area contributed by atoms with E-state index in [9.17, 15) is 9.59 Å². The molecule has 4 rings (SSSR count). The highest BCUT2D eigenvalue weighted by molar-refractivity contribution is 8.38. The average Bonchev–Trinajstić information content (AvgIpc) is 3.51. The number of aliphatic imine (C=N–C) groups is 1. The number of carbonyl (C=O) groups is 2. The number of nitrogens with zero attached hydrogens (tertiary/aromatic N) is 2. The lowest BCUT2D eigenvalue weighted by molar-refractivity contribution is -0.135. The summed E-state index contributed by atoms with van der Waals surface area (Å²) in [4.78, 5) is 32.8. The summed E-state index contributed by atoms with van der Waals surface area (Å²) in [6.07, 6.45) is 1.94. The molecule has 0 bridgehead atoms. The Labute approximate surface area is 182 Å². The van der Waals surface area contributed by atoms with Crippen LogP contribution in [0.3, 0.4) is 0 Å². The van der Waals surface area contributed by atoms with Gasteiger partial charge in [0, 0.05) is 22.9 Å². The number of carbonyl (C=O) groups excluding carboxylic acids is 2. The van der Waals surface area contributed by atoms with E-state index >= 15 is 0 Å². The van der Waals surface area contributed by atoms with Crippen molar-refractivity contribution in [2.24, 2.45) is 4.99 Å². The van der Waals surface area contributed by atoms with Gasteiger partial charge in [-0.25, -0.2) is 4.79 Å². The van der Waals surface area contributed by atoms with Crippen LogP contribution in [0.15, 0.2) is 46.8 Å². The number of hydrogen-bond acceptors (Lipinski definition) is 7. The number of rotatable bonds is 6. The summed E-state index contributed by atoms with van der Waals surface area (Å²) in [6, 6.07) is 11.6. The molecule has 1 fully saturated rings. The van der Waals surface area contributed by atoms with Gasteiger partial charge in [0.05, 0.1) is 18.2 Å². The Morgan fingerprint density at radius 3 is 2.93 bits per heavy atom. The van der Waals surface area contributed by atoms with Crippen molar-refractivity contribution in [3.8, 4) is 0 Å². The molecule has 0 N–H and O–H groups in total. The van der Waals surface area contributed by atoms with Crippen LogP contribution >= 0.6 is 34.9 Å². The van der Waals surface area contributed by atoms with E-state index in [1.807, 2.05) is 34.5 Å². The maximum atomic E-state index is 12.7. The highest BCUT2D eigenvalue weighted by Gasteiger charge is 2.31. The number of esters is 1. The van der Waals surface area contributed by atoms with Gasteiger partial charge in [0.15, 0.2) is 6.61 Å². The minimum absolute atomic E-state index is 0.106. The number of likely N-dealkylation sites (tertiary alicyclic amines) is 1. The van der Waals surface area contributed by atoms with Gasteiger partial charge in [-0.05, 0) is 35.9 Å². The van der Waals surface area contributed by atoms with Gasteiger partial charge in [-0.2, -0.15) is 0 Å². The molecule has 0 aliphatic carbocycles. The molecule has 1 aromatic carbocycles. The first-order chi connectivity index (χ1) is 14.2. The van der Waals surface area contributed by atoms with Crippen molar-refractivity contribution in [1.82, 2.24) is 4.90 Å². The quantitative estimate of drug-likeness (QED) is 0.607. The fraction of sp³-hybridized carbons (Fsp3) is 0.381. The van der Waals surface area contributed by atoms with E-state index in [2.05, 4.69) is 11.1 Å². The molecule has 2 aromatic rings. The fourth-order valence-corrected chi connectivity index (χ4v) is 6.40. The summed E-state index contributed by atoms with van der Waals surface area (Å²) >= 11 is 5.06. The normalized spacial score (nSPS) is 18.7. The lowest BCUT2D eigenvalue weighted by atomic mass is 10.1. The van der Waals surface area contributed by atoms with Crippen LogP contribution in [0.5, 0.6) is 0 Å². The maximum absolute atomic E-state index is 12.7. The van der Waals surface area contributed by atoms with Crippen LogP contribution in [0.4, 0.5) is 0 Å². The number of hydrogen-bond donors (Lipinski definition) is 0. The van der Waals surface area contributed by atoms with Crippen molar-refractivity contribution in [3.63, 3.8) is 0 Å². The van der Waals surface area contributed by atoms with Crippen LogP contribution in [0.1, 0.15) is 39.7 Å². The topological polar surface area (TPSA) is 59.0 Å². The van der Waals surface area contributed by atoms with Gasteiger partial charge in [0.2, 0.25) is 0 Å². The van der Waals surface area contributed by atoms with Gasteiger partial charge in [-0.1, -0.05) is 47.8 Å². The molecule has 8 heteroatoms. The summed E-state index contributed by atoms with van der Waals surface area (Å²) in [7, 11) is 0. The summed E-state index contributed by atoms with van der Waals surface area (Å²) in [5.41, 5.74) is 1.43. The molecule has 0 radical (unpaired) electrons. The van der Waals surface area contributed by atoms with Crippen molar-refractivity contribution in [2.75, 3.05) is 25.4 Å². The van der Waals surface area contributed by atoms with E-state index in [0.29, 0.717) is 17.9 Å². The smallest absolute Gasteiger partial charge is 0.338 e. The second-order valence-corrected chi connectivity index (χ2v) is 10.1. The fourth-order valence-electron chi connectivity index (χ4n) is 3.52. The molecular weight excluding hydrogens is 424 g/mol. The molecule has 29 heavy (non-hydrogen) atoms. The Morgan fingerprint density at radius 2 is 2.14 bits per heavy atom. The first-order valence-corrected chi connectivity index (χ1v) is 12.5. The van der Waals surface area contributed by atoms with E-state index in [4.69, 9.17) is 4.74 Å². The Kier molecular flexibility index (Phi) is 6.94. The number of ether oxygens (including phenoxy) is 1. The highest BCUT2D eigenvalue weighted by atomic mass is 32.2. The van der Waals surface area contributed by atoms with Crippen LogP contribution in [0.2, 0.25) is 0 Å². The van der Waals surface area contributed by atoms with Crippen molar-refractivity contribution >= 4 is 51.1 Å². The monoisotopic (exact) mass is 446 g/mol. The van der Waals surface area contributed by atoms with Gasteiger partial charge >= 0.3 is 5.97 Å². The zero-order chi connectivity index (χ0) is 20.1. The minimum Gasteiger partial charge on any atom is -0.452 e. The molecule has 5 nitrogen and oxygen atoms in total. The zero-order valence-corrected chi connectivity index (χ0v) is 18.4. The molecule has 2 aliphatic rings. The second-order valence-electron chi connectivity index (χ2n) is 6.78. The summed E-state index contributed by atoms with van der Waals surface area (Å²) in [5, 5.41) is 2.03. The SMILES string of the molecule is O=C(OCC(=O)N1CCCC1c1cccs1)c1ccccc1CSC1=NCCS1. The largest absolute Gasteiger partial charge is 0.452 e. The Bertz CT molecular complexity index is 898. The molecule has 152 valence electrons. The third kappa shape index (κ3) is 5.05. The van der Waals surface area contributed by atoms with E-state index in [1.165, 1.54) is 4.88 Å². The number of thiophene rings is 1. The molecule has 1 amide bonds. The Hall–Kier alpha value is -1.77. The van der Waals surface area contributed by atoms with E-state index in [0.717, 1.165) is 35.1 Å². The molecule has 2 aliphatic heterocycles. The molecule has 0 spiro atoms. The van der Waals surface area contributed by atoms with Crippen LogP contribution in [-0.4, -0.2) is 46.6 Å². The summed E-state index contributed by atoms with van der Waals surface area (Å²) < 4.78 is 6.48. The van der Waals surface area contributed by atoms with E-state index in [-0.39, 0.29) is 18.6 Å². The van der Waals surface area contributed by atoms with Crippen LogP contribution in [0.25, 0.3) is 0 Å². The molecule has 1 atom stereocenters. The van der Waals surface area contributed by atoms with E-state index < -0.39 is 5.97 Å². The van der Waals surface area contributed by atoms with Crippen molar-refractivity contribution in [1.29, 1.82) is 0 Å². The van der Waals surface area contributed by atoms with Gasteiger partial charge in [-0.15, -0.1) is 11.3 Å². The Morgan fingerprint density at radius 1 is 1.24 bits per heavy atom. The minimum atomic E-state index is -0.442. The first-order valence-electron chi connectivity index (χ1n) is 9.60. The first kappa shape index (κ1) is 20.5. The van der Waals surface area contributed by atoms with Gasteiger partial charge in [-0.3, -0.25) is 9.79 Å². The third-order valence-corrected chi connectivity index (χ3v) is 8.19. The predicted molar refractivity (Wildman–Crippen MR) is 121 cm³/mol. The second kappa shape index (κ2) is 9.82. The highest BCUT2D eigenvalue weighted by Crippen LogP contribution is 2.34. The van der Waals surface area contributed by atoms with E-state index in [1.54, 1.807) is 40.9 Å². The molecular formula is C21H22N2O3S3. The number of amides is 1. The van der Waals surface area contributed by atoms with Crippen LogP contribution < -0.4 is 0 Å². The molecule has 1 unspecified atom stereocenters. The zero-order valence-electron chi connectivity index (χ0n) is 15.9. The lowest BCUT2D eigenvalue weighted by Gasteiger charge is -2.23. The standard InChI is InChI=1S/C21H22N2O3S3/c24-19(23-10-3-7-17(23)18-8-4-11-27-18)13-26-20(25)16-6-2-1-5-15(16)14-29-21-22-9-12-28-21/h1-2,4-6,8,11,17H,3,7,9-10,12-14H2. The van der Waals surface area contributed by atoms with Crippen LogP contribution in [0, 0.1) is 0 Å². The molecule has 1 saturated heterocycles.